The molecule has 0 amide bonds. The molecule has 1 aliphatic heterocycles. The van der Waals surface area contributed by atoms with Crippen molar-refractivity contribution in [3.8, 4) is 6.07 Å². The SMILES string of the molecule is COC(C)(C)CC(C)(C#N)N1CCCC1. The van der Waals surface area contributed by atoms with Crippen molar-refractivity contribution in [2.45, 2.75) is 51.2 Å². The second-order valence-electron chi connectivity index (χ2n) is 5.22. The van der Waals surface area contributed by atoms with E-state index in [2.05, 4.69) is 11.0 Å². The van der Waals surface area contributed by atoms with E-state index in [0.717, 1.165) is 19.5 Å². The van der Waals surface area contributed by atoms with E-state index in [9.17, 15) is 5.26 Å². The Morgan fingerprint density at radius 2 is 1.80 bits per heavy atom. The summed E-state index contributed by atoms with van der Waals surface area (Å²) < 4.78 is 5.42. The standard InChI is InChI=1S/C12H22N2O/c1-11(2,15-4)9-12(3,10-13)14-7-5-6-8-14/h5-9H2,1-4H3. The van der Waals surface area contributed by atoms with Crippen molar-refractivity contribution in [3.63, 3.8) is 0 Å². The third-order valence-corrected chi connectivity index (χ3v) is 3.37. The number of nitrogens with zero attached hydrogens (tertiary/aromatic N) is 2. The van der Waals surface area contributed by atoms with Crippen LogP contribution in [0.3, 0.4) is 0 Å². The molecule has 1 unspecified atom stereocenters. The lowest BCUT2D eigenvalue weighted by Gasteiger charge is -2.38. The number of hydrogen-bond donors (Lipinski definition) is 0. The monoisotopic (exact) mass is 210 g/mol. The molecule has 0 aromatic rings. The Morgan fingerprint density at radius 1 is 1.27 bits per heavy atom. The van der Waals surface area contributed by atoms with E-state index < -0.39 is 0 Å². The topological polar surface area (TPSA) is 36.3 Å². The molecule has 0 bridgehead atoms. The van der Waals surface area contributed by atoms with Crippen LogP contribution in [0.1, 0.15) is 40.0 Å². The Hall–Kier alpha value is -0.590. The molecule has 0 aliphatic carbocycles. The Balaban J connectivity index is 2.72. The molecule has 86 valence electrons. The number of ether oxygens (including phenoxy) is 1. The molecular weight excluding hydrogens is 188 g/mol. The summed E-state index contributed by atoms with van der Waals surface area (Å²) in [5, 5.41) is 9.36. The fourth-order valence-corrected chi connectivity index (χ4v) is 2.33. The highest BCUT2D eigenvalue weighted by Crippen LogP contribution is 2.30. The fourth-order valence-electron chi connectivity index (χ4n) is 2.33. The Bertz CT molecular complexity index is 251. The molecule has 1 atom stereocenters. The third kappa shape index (κ3) is 2.93. The number of rotatable bonds is 4. The van der Waals surface area contributed by atoms with Crippen molar-refractivity contribution in [1.29, 1.82) is 5.26 Å². The third-order valence-electron chi connectivity index (χ3n) is 3.37. The molecule has 0 saturated carbocycles. The molecule has 0 radical (unpaired) electrons. The summed E-state index contributed by atoms with van der Waals surface area (Å²) >= 11 is 0. The number of methoxy groups -OCH3 is 1. The van der Waals surface area contributed by atoms with E-state index in [1.165, 1.54) is 12.8 Å². The van der Waals surface area contributed by atoms with Gasteiger partial charge in [-0.25, -0.2) is 0 Å². The zero-order chi connectivity index (χ0) is 11.5. The maximum Gasteiger partial charge on any atom is 0.109 e. The molecule has 0 aromatic carbocycles. The highest BCUT2D eigenvalue weighted by atomic mass is 16.5. The molecule has 0 spiro atoms. The maximum atomic E-state index is 9.36. The quantitative estimate of drug-likeness (QED) is 0.713. The molecular formula is C12H22N2O. The van der Waals surface area contributed by atoms with Gasteiger partial charge in [-0.05, 0) is 46.7 Å². The lowest BCUT2D eigenvalue weighted by atomic mass is 9.87. The van der Waals surface area contributed by atoms with Gasteiger partial charge in [-0.1, -0.05) is 0 Å². The van der Waals surface area contributed by atoms with Gasteiger partial charge in [0.15, 0.2) is 0 Å². The first-order valence-electron chi connectivity index (χ1n) is 5.65. The van der Waals surface area contributed by atoms with E-state index in [0.29, 0.717) is 0 Å². The van der Waals surface area contributed by atoms with Crippen LogP contribution >= 0.6 is 0 Å². The molecule has 15 heavy (non-hydrogen) atoms. The van der Waals surface area contributed by atoms with Gasteiger partial charge >= 0.3 is 0 Å². The highest BCUT2D eigenvalue weighted by Gasteiger charge is 2.38. The van der Waals surface area contributed by atoms with Crippen molar-refractivity contribution in [3.05, 3.63) is 0 Å². The minimum absolute atomic E-state index is 0.229. The first-order valence-corrected chi connectivity index (χ1v) is 5.65. The van der Waals surface area contributed by atoms with E-state index in [4.69, 9.17) is 4.74 Å². The van der Waals surface area contributed by atoms with Gasteiger partial charge in [0.25, 0.3) is 0 Å². The zero-order valence-electron chi connectivity index (χ0n) is 10.3. The van der Waals surface area contributed by atoms with Crippen LogP contribution in [0.4, 0.5) is 0 Å². The highest BCUT2D eigenvalue weighted by molar-refractivity contribution is 5.08. The second kappa shape index (κ2) is 4.51. The summed E-state index contributed by atoms with van der Waals surface area (Å²) in [7, 11) is 1.71. The molecule has 1 aliphatic rings. The Morgan fingerprint density at radius 3 is 2.20 bits per heavy atom. The fraction of sp³-hybridized carbons (Fsp3) is 0.917. The van der Waals surface area contributed by atoms with Crippen molar-refractivity contribution in [2.24, 2.45) is 0 Å². The molecule has 1 saturated heterocycles. The summed E-state index contributed by atoms with van der Waals surface area (Å²) in [5.74, 6) is 0. The van der Waals surface area contributed by atoms with E-state index in [1.807, 2.05) is 20.8 Å². The minimum Gasteiger partial charge on any atom is -0.379 e. The van der Waals surface area contributed by atoms with Gasteiger partial charge in [0, 0.05) is 13.5 Å². The number of likely N-dealkylation sites (tertiary alicyclic amines) is 1. The average molecular weight is 210 g/mol. The second-order valence-corrected chi connectivity index (χ2v) is 5.22. The summed E-state index contributed by atoms with van der Waals surface area (Å²) in [6.45, 7) is 8.20. The van der Waals surface area contributed by atoms with Gasteiger partial charge in [-0.15, -0.1) is 0 Å². The molecule has 3 nitrogen and oxygen atoms in total. The lowest BCUT2D eigenvalue weighted by molar-refractivity contribution is -0.0171. The van der Waals surface area contributed by atoms with E-state index in [-0.39, 0.29) is 11.1 Å². The predicted octanol–water partition coefficient (Wildman–Crippen LogP) is 2.18. The minimum atomic E-state index is -0.379. The normalized spacial score (nSPS) is 22.3. The summed E-state index contributed by atoms with van der Waals surface area (Å²) in [6, 6.07) is 2.46. The molecule has 3 heteroatoms. The van der Waals surface area contributed by atoms with Gasteiger partial charge in [0.2, 0.25) is 0 Å². The Kier molecular flexibility index (Phi) is 3.75. The van der Waals surface area contributed by atoms with Gasteiger partial charge in [-0.2, -0.15) is 5.26 Å². The summed E-state index contributed by atoms with van der Waals surface area (Å²) in [6.07, 6.45) is 3.18. The molecule has 1 rings (SSSR count). The van der Waals surface area contributed by atoms with Crippen LogP contribution in [-0.2, 0) is 4.74 Å². The van der Waals surface area contributed by atoms with Crippen molar-refractivity contribution >= 4 is 0 Å². The van der Waals surface area contributed by atoms with Crippen LogP contribution in [0.25, 0.3) is 0 Å². The van der Waals surface area contributed by atoms with Crippen LogP contribution < -0.4 is 0 Å². The van der Waals surface area contributed by atoms with Crippen molar-refractivity contribution in [1.82, 2.24) is 4.90 Å². The lowest BCUT2D eigenvalue weighted by Crippen LogP contribution is -2.48. The zero-order valence-corrected chi connectivity index (χ0v) is 10.3. The van der Waals surface area contributed by atoms with Gasteiger partial charge < -0.3 is 4.74 Å². The maximum absolute atomic E-state index is 9.36. The van der Waals surface area contributed by atoms with E-state index in [1.54, 1.807) is 7.11 Å². The van der Waals surface area contributed by atoms with Crippen LogP contribution in [0.5, 0.6) is 0 Å². The summed E-state index contributed by atoms with van der Waals surface area (Å²) in [4.78, 5) is 2.29. The van der Waals surface area contributed by atoms with Gasteiger partial charge in [-0.3, -0.25) is 4.90 Å². The van der Waals surface area contributed by atoms with Gasteiger partial charge in [0.1, 0.15) is 5.54 Å². The average Bonchev–Trinajstić information content (AvgIpc) is 2.70. The van der Waals surface area contributed by atoms with Crippen LogP contribution in [-0.4, -0.2) is 36.2 Å². The largest absolute Gasteiger partial charge is 0.379 e. The first-order chi connectivity index (χ1) is 6.93. The molecule has 1 fully saturated rings. The molecule has 0 aromatic heterocycles. The van der Waals surface area contributed by atoms with Crippen LogP contribution in [0, 0.1) is 11.3 Å². The van der Waals surface area contributed by atoms with Crippen molar-refractivity contribution in [2.75, 3.05) is 20.2 Å². The Labute approximate surface area is 93.0 Å². The first kappa shape index (κ1) is 12.5. The summed E-state index contributed by atoms with van der Waals surface area (Å²) in [5.41, 5.74) is -0.608. The van der Waals surface area contributed by atoms with Crippen LogP contribution in [0.2, 0.25) is 0 Å². The molecule has 1 heterocycles. The number of nitriles is 1. The van der Waals surface area contributed by atoms with Gasteiger partial charge in [0.05, 0.1) is 11.7 Å². The van der Waals surface area contributed by atoms with Crippen LogP contribution in [0.15, 0.2) is 0 Å². The smallest absolute Gasteiger partial charge is 0.109 e. The van der Waals surface area contributed by atoms with Crippen molar-refractivity contribution < 1.29 is 4.74 Å². The van der Waals surface area contributed by atoms with E-state index >= 15 is 0 Å². The predicted molar refractivity (Wildman–Crippen MR) is 60.5 cm³/mol. The number of hydrogen-bond acceptors (Lipinski definition) is 3. The molecule has 0 N–H and O–H groups in total.